The first-order valence-corrected chi connectivity index (χ1v) is 8.57. The summed E-state index contributed by atoms with van der Waals surface area (Å²) in [5, 5.41) is 12.5. The number of nitrogens with one attached hydrogen (secondary N) is 1. The zero-order valence-corrected chi connectivity index (χ0v) is 14.0. The molecule has 2 N–H and O–H groups in total. The van der Waals surface area contributed by atoms with Crippen molar-refractivity contribution < 1.29 is 24.2 Å². The van der Waals surface area contributed by atoms with Crippen LogP contribution in [0.1, 0.15) is 38.5 Å². The normalized spacial score (nSPS) is 29.6. The fraction of sp³-hybridized carbons (Fsp3) is 0.812. The summed E-state index contributed by atoms with van der Waals surface area (Å²) in [4.78, 5) is 39.7. The molecule has 3 aliphatic rings. The van der Waals surface area contributed by atoms with Crippen molar-refractivity contribution in [2.24, 2.45) is 0 Å². The predicted molar refractivity (Wildman–Crippen MR) is 84.5 cm³/mol. The lowest BCUT2D eigenvalue weighted by Gasteiger charge is -2.34. The van der Waals surface area contributed by atoms with E-state index in [-0.39, 0.29) is 25.1 Å². The molecule has 8 heteroatoms. The Bertz CT molecular complexity index is 546. The molecule has 2 saturated heterocycles. The molecule has 0 aromatic carbocycles. The highest BCUT2D eigenvalue weighted by Gasteiger charge is 2.53. The largest absolute Gasteiger partial charge is 0.480 e. The maximum Gasteiger partial charge on any atom is 0.326 e. The van der Waals surface area contributed by atoms with Gasteiger partial charge >= 0.3 is 12.0 Å². The first-order valence-electron chi connectivity index (χ1n) is 8.57. The highest BCUT2D eigenvalue weighted by Crippen LogP contribution is 2.35. The number of hydrogen-bond acceptors (Lipinski definition) is 5. The summed E-state index contributed by atoms with van der Waals surface area (Å²) < 4.78 is 5.13. The van der Waals surface area contributed by atoms with Crippen LogP contribution in [0.3, 0.4) is 0 Å². The van der Waals surface area contributed by atoms with E-state index in [1.807, 2.05) is 4.90 Å². The van der Waals surface area contributed by atoms with Gasteiger partial charge in [-0.15, -0.1) is 0 Å². The lowest BCUT2D eigenvalue weighted by atomic mass is 9.97. The molecule has 1 aliphatic carbocycles. The summed E-state index contributed by atoms with van der Waals surface area (Å²) in [5.41, 5.74) is -1.77. The van der Waals surface area contributed by atoms with E-state index in [1.165, 1.54) is 12.0 Å². The number of methoxy groups -OCH3 is 1. The molecule has 3 rings (SSSR count). The molecule has 3 amide bonds. The fourth-order valence-electron chi connectivity index (χ4n) is 4.38. The molecule has 3 fully saturated rings. The third-order valence-electron chi connectivity index (χ3n) is 5.70. The van der Waals surface area contributed by atoms with Crippen molar-refractivity contribution in [1.82, 2.24) is 15.1 Å². The summed E-state index contributed by atoms with van der Waals surface area (Å²) in [6, 6.07) is -0.353. The standard InChI is InChI=1S/C16H25N3O5/c1-24-11-16(13(21)22)7-4-8-18(16)9-10-19-12(20)15(17-14(19)23)5-2-3-6-15/h2-11H2,1H3,(H,17,23)(H,21,22). The number of rotatable bonds is 6. The van der Waals surface area contributed by atoms with Crippen molar-refractivity contribution in [3.63, 3.8) is 0 Å². The summed E-state index contributed by atoms with van der Waals surface area (Å²) in [5.74, 6) is -1.07. The number of urea groups is 1. The van der Waals surface area contributed by atoms with Gasteiger partial charge in [-0.2, -0.15) is 0 Å². The Labute approximate surface area is 141 Å². The van der Waals surface area contributed by atoms with Crippen LogP contribution in [0.5, 0.6) is 0 Å². The van der Waals surface area contributed by atoms with E-state index in [1.54, 1.807) is 0 Å². The molecule has 1 spiro atoms. The van der Waals surface area contributed by atoms with E-state index in [0.717, 1.165) is 19.3 Å². The highest BCUT2D eigenvalue weighted by molar-refractivity contribution is 6.07. The quantitative estimate of drug-likeness (QED) is 0.680. The van der Waals surface area contributed by atoms with E-state index >= 15 is 0 Å². The molecule has 0 bridgehead atoms. The minimum atomic E-state index is -1.06. The molecule has 1 atom stereocenters. The second-order valence-electron chi connectivity index (χ2n) is 7.04. The second kappa shape index (κ2) is 6.33. The molecule has 0 aromatic heterocycles. The Morgan fingerprint density at radius 3 is 2.54 bits per heavy atom. The highest BCUT2D eigenvalue weighted by atomic mass is 16.5. The Kier molecular flexibility index (Phi) is 4.52. The lowest BCUT2D eigenvalue weighted by molar-refractivity contribution is -0.153. The molecule has 2 aliphatic heterocycles. The van der Waals surface area contributed by atoms with Crippen LogP contribution in [0.2, 0.25) is 0 Å². The van der Waals surface area contributed by atoms with Crippen LogP contribution in [0.25, 0.3) is 0 Å². The topological polar surface area (TPSA) is 99.2 Å². The third-order valence-corrected chi connectivity index (χ3v) is 5.70. The lowest BCUT2D eigenvalue weighted by Crippen LogP contribution is -2.55. The maximum absolute atomic E-state index is 12.6. The average Bonchev–Trinajstić information content (AvgIpc) is 3.21. The van der Waals surface area contributed by atoms with Crippen LogP contribution >= 0.6 is 0 Å². The van der Waals surface area contributed by atoms with Gasteiger partial charge in [0.2, 0.25) is 0 Å². The molecule has 24 heavy (non-hydrogen) atoms. The van der Waals surface area contributed by atoms with Gasteiger partial charge in [-0.25, -0.2) is 4.79 Å². The maximum atomic E-state index is 12.6. The van der Waals surface area contributed by atoms with E-state index in [2.05, 4.69) is 5.32 Å². The Morgan fingerprint density at radius 1 is 1.21 bits per heavy atom. The van der Waals surface area contributed by atoms with Crippen molar-refractivity contribution in [1.29, 1.82) is 0 Å². The fourth-order valence-corrected chi connectivity index (χ4v) is 4.38. The third kappa shape index (κ3) is 2.57. The average molecular weight is 339 g/mol. The van der Waals surface area contributed by atoms with E-state index in [9.17, 15) is 19.5 Å². The number of likely N-dealkylation sites (tertiary alicyclic amines) is 1. The van der Waals surface area contributed by atoms with Gasteiger partial charge in [-0.05, 0) is 32.2 Å². The van der Waals surface area contributed by atoms with Gasteiger partial charge in [-0.1, -0.05) is 12.8 Å². The minimum absolute atomic E-state index is 0.104. The number of carbonyl (C=O) groups is 3. The SMILES string of the molecule is COCC1(C(=O)O)CCCN1CCN1C(=O)NC2(CCCC2)C1=O. The van der Waals surface area contributed by atoms with Crippen molar-refractivity contribution >= 4 is 17.9 Å². The monoisotopic (exact) mass is 339 g/mol. The zero-order valence-electron chi connectivity index (χ0n) is 14.0. The number of amides is 3. The van der Waals surface area contributed by atoms with Gasteiger partial charge < -0.3 is 15.2 Å². The van der Waals surface area contributed by atoms with E-state index in [0.29, 0.717) is 32.4 Å². The number of aliphatic carboxylic acids is 1. The first-order chi connectivity index (χ1) is 11.4. The predicted octanol–water partition coefficient (Wildman–Crippen LogP) is 0.417. The number of hydrogen-bond donors (Lipinski definition) is 2. The van der Waals surface area contributed by atoms with Crippen molar-refractivity contribution in [3.05, 3.63) is 0 Å². The summed E-state index contributed by atoms with van der Waals surface area (Å²) in [6.07, 6.45) is 4.56. The van der Waals surface area contributed by atoms with E-state index < -0.39 is 17.0 Å². The number of carboxylic acids is 1. The smallest absolute Gasteiger partial charge is 0.326 e. The van der Waals surface area contributed by atoms with Crippen molar-refractivity contribution in [3.8, 4) is 0 Å². The molecule has 0 radical (unpaired) electrons. The molecular formula is C16H25N3O5. The molecule has 1 unspecified atom stereocenters. The van der Waals surface area contributed by atoms with Gasteiger partial charge in [0.1, 0.15) is 11.1 Å². The zero-order chi connectivity index (χ0) is 17.4. The Hall–Kier alpha value is -1.67. The van der Waals surface area contributed by atoms with Crippen LogP contribution in [0.15, 0.2) is 0 Å². The number of ether oxygens (including phenoxy) is 1. The molecule has 1 saturated carbocycles. The van der Waals surface area contributed by atoms with Crippen LogP contribution < -0.4 is 5.32 Å². The minimum Gasteiger partial charge on any atom is -0.480 e. The van der Waals surface area contributed by atoms with Crippen LogP contribution in [0, 0.1) is 0 Å². The molecule has 2 heterocycles. The summed E-state index contributed by atoms with van der Waals surface area (Å²) in [6.45, 7) is 1.30. The van der Waals surface area contributed by atoms with Crippen LogP contribution in [-0.2, 0) is 14.3 Å². The summed E-state index contributed by atoms with van der Waals surface area (Å²) >= 11 is 0. The van der Waals surface area contributed by atoms with Gasteiger partial charge in [0.25, 0.3) is 5.91 Å². The van der Waals surface area contributed by atoms with Crippen molar-refractivity contribution in [2.75, 3.05) is 33.4 Å². The molecule has 0 aromatic rings. The van der Waals surface area contributed by atoms with Gasteiger partial charge in [0.15, 0.2) is 0 Å². The van der Waals surface area contributed by atoms with Crippen LogP contribution in [0.4, 0.5) is 4.79 Å². The molecule has 134 valence electrons. The van der Waals surface area contributed by atoms with Gasteiger partial charge in [0, 0.05) is 20.2 Å². The Morgan fingerprint density at radius 2 is 1.92 bits per heavy atom. The van der Waals surface area contributed by atoms with E-state index in [4.69, 9.17) is 4.74 Å². The molecular weight excluding hydrogens is 314 g/mol. The van der Waals surface area contributed by atoms with Crippen LogP contribution in [-0.4, -0.2) is 77.2 Å². The Balaban J connectivity index is 1.68. The number of carboxylic acid groups (broad SMARTS) is 1. The number of carbonyl (C=O) groups excluding carboxylic acids is 2. The first kappa shape index (κ1) is 17.2. The van der Waals surface area contributed by atoms with Gasteiger partial charge in [-0.3, -0.25) is 19.4 Å². The van der Waals surface area contributed by atoms with Gasteiger partial charge in [0.05, 0.1) is 6.61 Å². The number of imide groups is 1. The second-order valence-corrected chi connectivity index (χ2v) is 7.04. The number of nitrogens with zero attached hydrogens (tertiary/aromatic N) is 2. The summed E-state index contributed by atoms with van der Waals surface area (Å²) in [7, 11) is 1.49. The van der Waals surface area contributed by atoms with Crippen molar-refractivity contribution in [2.45, 2.75) is 49.6 Å². The molecule has 8 nitrogen and oxygen atoms in total.